The largest absolute Gasteiger partial charge is 0.481 e. The fourth-order valence-corrected chi connectivity index (χ4v) is 2.43. The summed E-state index contributed by atoms with van der Waals surface area (Å²) in [4.78, 5) is 13.3. The minimum atomic E-state index is -0.642. The maximum absolute atomic E-state index is 11.1. The molecule has 2 fully saturated rings. The van der Waals surface area contributed by atoms with Crippen LogP contribution in [0.3, 0.4) is 0 Å². The molecular formula is C12H22N2O2. The molecule has 2 N–H and O–H groups in total. The first-order valence-corrected chi connectivity index (χ1v) is 6.37. The maximum atomic E-state index is 11.1. The molecule has 2 aliphatic rings. The summed E-state index contributed by atoms with van der Waals surface area (Å²) in [5.74, 6) is 0.0297. The summed E-state index contributed by atoms with van der Waals surface area (Å²) in [6.07, 6.45) is 3.48. The first-order valence-electron chi connectivity index (χ1n) is 6.37. The second-order valence-electron chi connectivity index (χ2n) is 5.17. The topological polar surface area (TPSA) is 52.6 Å². The lowest BCUT2D eigenvalue weighted by Crippen LogP contribution is -2.51. The number of nitrogens with one attached hydrogen (secondary N) is 1. The van der Waals surface area contributed by atoms with E-state index in [4.69, 9.17) is 5.11 Å². The van der Waals surface area contributed by atoms with Gasteiger partial charge >= 0.3 is 5.97 Å². The Morgan fingerprint density at radius 3 is 2.75 bits per heavy atom. The Bertz CT molecular complexity index is 253. The van der Waals surface area contributed by atoms with E-state index >= 15 is 0 Å². The second-order valence-corrected chi connectivity index (χ2v) is 5.17. The fourth-order valence-electron chi connectivity index (χ4n) is 2.43. The molecule has 0 aromatic rings. The van der Waals surface area contributed by atoms with Crippen LogP contribution in [0.2, 0.25) is 0 Å². The van der Waals surface area contributed by atoms with Gasteiger partial charge in [0, 0.05) is 19.1 Å². The van der Waals surface area contributed by atoms with Crippen molar-refractivity contribution in [1.82, 2.24) is 10.2 Å². The van der Waals surface area contributed by atoms with Crippen LogP contribution in [0.25, 0.3) is 0 Å². The van der Waals surface area contributed by atoms with Crippen LogP contribution in [0.1, 0.15) is 26.2 Å². The van der Waals surface area contributed by atoms with Crippen LogP contribution in [-0.2, 0) is 4.79 Å². The third-order valence-corrected chi connectivity index (χ3v) is 3.71. The van der Waals surface area contributed by atoms with Crippen molar-refractivity contribution in [2.45, 2.75) is 32.2 Å². The van der Waals surface area contributed by atoms with Crippen LogP contribution < -0.4 is 5.32 Å². The Morgan fingerprint density at radius 1 is 1.44 bits per heavy atom. The molecule has 0 aromatic carbocycles. The molecule has 0 radical (unpaired) electrons. The van der Waals surface area contributed by atoms with Gasteiger partial charge in [0.15, 0.2) is 0 Å². The number of carboxylic acids is 1. The quantitative estimate of drug-likeness (QED) is 0.727. The minimum absolute atomic E-state index is 0.189. The van der Waals surface area contributed by atoms with Gasteiger partial charge in [-0.25, -0.2) is 0 Å². The molecule has 16 heavy (non-hydrogen) atoms. The molecule has 4 nitrogen and oxygen atoms in total. The highest BCUT2D eigenvalue weighted by Crippen LogP contribution is 2.28. The zero-order valence-corrected chi connectivity index (χ0v) is 9.98. The standard InChI is InChI=1S/C12H22N2O2/c1-2-14-7-10(12(15)16)5-11(8-14)13-6-9-3-4-9/h9-11,13H,2-8H2,1H3,(H,15,16). The SMILES string of the molecule is CCN1CC(NCC2CC2)CC(C(=O)O)C1. The lowest BCUT2D eigenvalue weighted by Gasteiger charge is -2.36. The monoisotopic (exact) mass is 226 g/mol. The number of rotatable bonds is 5. The highest BCUT2D eigenvalue weighted by Gasteiger charge is 2.31. The number of likely N-dealkylation sites (tertiary alicyclic amines) is 1. The summed E-state index contributed by atoms with van der Waals surface area (Å²) in [6, 6.07) is 0.371. The van der Waals surface area contributed by atoms with E-state index in [0.29, 0.717) is 12.6 Å². The second kappa shape index (κ2) is 5.15. The van der Waals surface area contributed by atoms with Crippen molar-refractivity contribution in [2.75, 3.05) is 26.2 Å². The zero-order valence-electron chi connectivity index (χ0n) is 9.98. The van der Waals surface area contributed by atoms with E-state index in [1.54, 1.807) is 0 Å². The molecule has 1 aliphatic heterocycles. The molecule has 0 aromatic heterocycles. The van der Waals surface area contributed by atoms with Crippen LogP contribution in [0.5, 0.6) is 0 Å². The van der Waals surface area contributed by atoms with Crippen LogP contribution in [0, 0.1) is 11.8 Å². The van der Waals surface area contributed by atoms with E-state index in [1.165, 1.54) is 12.8 Å². The average molecular weight is 226 g/mol. The van der Waals surface area contributed by atoms with E-state index in [1.807, 2.05) is 0 Å². The van der Waals surface area contributed by atoms with Crippen molar-refractivity contribution in [3.05, 3.63) is 0 Å². The number of piperidine rings is 1. The third-order valence-electron chi connectivity index (χ3n) is 3.71. The summed E-state index contributed by atoms with van der Waals surface area (Å²) < 4.78 is 0. The number of nitrogens with zero attached hydrogens (tertiary/aromatic N) is 1. The summed E-state index contributed by atoms with van der Waals surface area (Å²) >= 11 is 0. The Balaban J connectivity index is 1.82. The summed E-state index contributed by atoms with van der Waals surface area (Å²) in [6.45, 7) is 5.85. The summed E-state index contributed by atoms with van der Waals surface area (Å²) in [7, 11) is 0. The normalized spacial score (nSPS) is 31.6. The van der Waals surface area contributed by atoms with Gasteiger partial charge in [-0.2, -0.15) is 0 Å². The first kappa shape index (κ1) is 11.9. The molecular weight excluding hydrogens is 204 g/mol. The van der Waals surface area contributed by atoms with Crippen molar-refractivity contribution in [3.8, 4) is 0 Å². The van der Waals surface area contributed by atoms with Gasteiger partial charge in [0.1, 0.15) is 0 Å². The van der Waals surface area contributed by atoms with E-state index in [9.17, 15) is 4.79 Å². The van der Waals surface area contributed by atoms with Crippen molar-refractivity contribution in [1.29, 1.82) is 0 Å². The highest BCUT2D eigenvalue weighted by atomic mass is 16.4. The third kappa shape index (κ3) is 3.19. The number of aliphatic carboxylic acids is 1. The van der Waals surface area contributed by atoms with Gasteiger partial charge in [-0.1, -0.05) is 6.92 Å². The number of hydrogen-bond donors (Lipinski definition) is 2. The van der Waals surface area contributed by atoms with Crippen molar-refractivity contribution >= 4 is 5.97 Å². The predicted octanol–water partition coefficient (Wildman–Crippen LogP) is 0.781. The fraction of sp³-hybridized carbons (Fsp3) is 0.917. The van der Waals surface area contributed by atoms with Gasteiger partial charge in [0.25, 0.3) is 0 Å². The van der Waals surface area contributed by atoms with Gasteiger partial charge in [0.2, 0.25) is 0 Å². The molecule has 2 unspecified atom stereocenters. The summed E-state index contributed by atoms with van der Waals surface area (Å²) in [5, 5.41) is 12.6. The van der Waals surface area contributed by atoms with E-state index < -0.39 is 5.97 Å². The lowest BCUT2D eigenvalue weighted by molar-refractivity contribution is -0.144. The zero-order chi connectivity index (χ0) is 11.5. The Morgan fingerprint density at radius 2 is 2.19 bits per heavy atom. The van der Waals surface area contributed by atoms with Gasteiger partial charge < -0.3 is 15.3 Å². The molecule has 0 bridgehead atoms. The molecule has 1 saturated carbocycles. The van der Waals surface area contributed by atoms with Crippen molar-refractivity contribution in [2.24, 2.45) is 11.8 Å². The molecule has 1 aliphatic carbocycles. The van der Waals surface area contributed by atoms with Crippen LogP contribution in [0.4, 0.5) is 0 Å². The van der Waals surface area contributed by atoms with Crippen LogP contribution in [-0.4, -0.2) is 48.2 Å². The number of carboxylic acid groups (broad SMARTS) is 1. The minimum Gasteiger partial charge on any atom is -0.481 e. The maximum Gasteiger partial charge on any atom is 0.307 e. The smallest absolute Gasteiger partial charge is 0.307 e. The van der Waals surface area contributed by atoms with Crippen LogP contribution in [0.15, 0.2) is 0 Å². The number of carbonyl (C=O) groups is 1. The van der Waals surface area contributed by atoms with Gasteiger partial charge in [0.05, 0.1) is 5.92 Å². The lowest BCUT2D eigenvalue weighted by atomic mass is 9.94. The van der Waals surface area contributed by atoms with Gasteiger partial charge in [-0.15, -0.1) is 0 Å². The molecule has 2 rings (SSSR count). The first-order chi connectivity index (χ1) is 7.69. The van der Waals surface area contributed by atoms with E-state index in [2.05, 4.69) is 17.1 Å². The summed E-state index contributed by atoms with van der Waals surface area (Å²) in [5.41, 5.74) is 0. The Kier molecular flexibility index (Phi) is 3.82. The van der Waals surface area contributed by atoms with Gasteiger partial charge in [-0.05, 0) is 38.3 Å². The highest BCUT2D eigenvalue weighted by molar-refractivity contribution is 5.70. The average Bonchev–Trinajstić information content (AvgIpc) is 3.09. The van der Waals surface area contributed by atoms with Gasteiger partial charge in [-0.3, -0.25) is 4.79 Å². The number of hydrogen-bond acceptors (Lipinski definition) is 3. The molecule has 92 valence electrons. The molecule has 0 spiro atoms. The molecule has 0 amide bonds. The van der Waals surface area contributed by atoms with Crippen molar-refractivity contribution in [3.63, 3.8) is 0 Å². The Labute approximate surface area is 97.0 Å². The van der Waals surface area contributed by atoms with E-state index in [-0.39, 0.29) is 5.92 Å². The number of likely N-dealkylation sites (N-methyl/N-ethyl adjacent to an activating group) is 1. The van der Waals surface area contributed by atoms with Crippen molar-refractivity contribution < 1.29 is 9.90 Å². The molecule has 2 atom stereocenters. The predicted molar refractivity (Wildman–Crippen MR) is 62.4 cm³/mol. The Hall–Kier alpha value is -0.610. The molecule has 4 heteroatoms. The molecule has 1 heterocycles. The molecule has 1 saturated heterocycles. The van der Waals surface area contributed by atoms with E-state index in [0.717, 1.165) is 32.0 Å². The van der Waals surface area contributed by atoms with Crippen LogP contribution >= 0.6 is 0 Å².